The monoisotopic (exact) mass is 367 g/mol. The first-order chi connectivity index (χ1) is 13.0. The summed E-state index contributed by atoms with van der Waals surface area (Å²) in [7, 11) is 1.50. The average molecular weight is 367 g/mol. The number of fused-ring (bicyclic) bond motifs is 1. The summed E-state index contributed by atoms with van der Waals surface area (Å²) in [5.74, 6) is -1.90. The van der Waals surface area contributed by atoms with E-state index >= 15 is 0 Å². The van der Waals surface area contributed by atoms with E-state index in [-0.39, 0.29) is 17.9 Å². The number of rotatable bonds is 5. The molecule has 0 aromatic heterocycles. The van der Waals surface area contributed by atoms with Crippen LogP contribution in [0.5, 0.6) is 5.75 Å². The van der Waals surface area contributed by atoms with Crippen molar-refractivity contribution in [2.45, 2.75) is 6.54 Å². The summed E-state index contributed by atoms with van der Waals surface area (Å²) in [4.78, 5) is 25.7. The summed E-state index contributed by atoms with van der Waals surface area (Å²) in [6.07, 6.45) is 0. The van der Waals surface area contributed by atoms with Crippen molar-refractivity contribution in [2.24, 2.45) is 0 Å². The van der Waals surface area contributed by atoms with Crippen LogP contribution in [0.15, 0.2) is 60.7 Å². The topological polar surface area (TPSA) is 66.8 Å². The lowest BCUT2D eigenvalue weighted by Crippen LogP contribution is -2.31. The molecule has 3 rings (SSSR count). The van der Waals surface area contributed by atoms with Crippen molar-refractivity contribution in [3.8, 4) is 5.75 Å². The SMILES string of the molecule is CN(Cc1ccccc1F)C(=O)COC(=O)c1cc2ccccc2cc1O. The number of esters is 1. The summed E-state index contributed by atoms with van der Waals surface area (Å²) in [6, 6.07) is 16.4. The second-order valence-corrected chi connectivity index (χ2v) is 6.13. The highest BCUT2D eigenvalue weighted by Gasteiger charge is 2.18. The van der Waals surface area contributed by atoms with Gasteiger partial charge in [0.2, 0.25) is 0 Å². The van der Waals surface area contributed by atoms with Gasteiger partial charge in [0.15, 0.2) is 6.61 Å². The first-order valence-corrected chi connectivity index (χ1v) is 8.32. The molecule has 1 amide bonds. The van der Waals surface area contributed by atoms with Gasteiger partial charge in [-0.05, 0) is 29.0 Å². The minimum Gasteiger partial charge on any atom is -0.507 e. The van der Waals surface area contributed by atoms with Crippen LogP contribution in [0.3, 0.4) is 0 Å². The van der Waals surface area contributed by atoms with E-state index in [1.807, 2.05) is 18.2 Å². The Morgan fingerprint density at radius 1 is 1.04 bits per heavy atom. The van der Waals surface area contributed by atoms with Gasteiger partial charge in [-0.25, -0.2) is 9.18 Å². The van der Waals surface area contributed by atoms with Gasteiger partial charge in [-0.15, -0.1) is 0 Å². The van der Waals surface area contributed by atoms with Crippen LogP contribution >= 0.6 is 0 Å². The molecule has 0 spiro atoms. The molecular formula is C21H18FNO4. The van der Waals surface area contributed by atoms with Gasteiger partial charge in [0.1, 0.15) is 17.1 Å². The molecular weight excluding hydrogens is 349 g/mol. The number of hydrogen-bond donors (Lipinski definition) is 1. The number of benzene rings is 3. The van der Waals surface area contributed by atoms with E-state index in [0.717, 1.165) is 10.8 Å². The first kappa shape index (κ1) is 18.4. The van der Waals surface area contributed by atoms with E-state index in [1.54, 1.807) is 24.3 Å². The molecule has 0 aliphatic carbocycles. The van der Waals surface area contributed by atoms with Crippen molar-refractivity contribution in [3.05, 3.63) is 77.6 Å². The Hall–Kier alpha value is -3.41. The molecule has 6 heteroatoms. The third kappa shape index (κ3) is 4.23. The Morgan fingerprint density at radius 2 is 1.67 bits per heavy atom. The number of ether oxygens (including phenoxy) is 1. The van der Waals surface area contributed by atoms with Crippen molar-refractivity contribution in [1.82, 2.24) is 4.90 Å². The summed E-state index contributed by atoms with van der Waals surface area (Å²) < 4.78 is 18.7. The van der Waals surface area contributed by atoms with Gasteiger partial charge in [0.05, 0.1) is 0 Å². The van der Waals surface area contributed by atoms with E-state index in [1.165, 1.54) is 30.1 Å². The fourth-order valence-corrected chi connectivity index (χ4v) is 2.68. The maximum Gasteiger partial charge on any atom is 0.342 e. The molecule has 0 aliphatic rings. The predicted octanol–water partition coefficient (Wildman–Crippen LogP) is 3.50. The van der Waals surface area contributed by atoms with Gasteiger partial charge in [0, 0.05) is 19.2 Å². The Bertz CT molecular complexity index is 1000. The average Bonchev–Trinajstić information content (AvgIpc) is 2.67. The van der Waals surface area contributed by atoms with Crippen molar-refractivity contribution in [3.63, 3.8) is 0 Å². The molecule has 0 fully saturated rings. The Balaban J connectivity index is 1.64. The molecule has 5 nitrogen and oxygen atoms in total. The molecule has 3 aromatic carbocycles. The number of halogens is 1. The highest BCUT2D eigenvalue weighted by atomic mass is 19.1. The molecule has 27 heavy (non-hydrogen) atoms. The Morgan fingerprint density at radius 3 is 2.37 bits per heavy atom. The number of phenolic OH excluding ortho intramolecular Hbond substituents is 1. The molecule has 1 N–H and O–H groups in total. The minimum absolute atomic E-state index is 0.0155. The van der Waals surface area contributed by atoms with Crippen LogP contribution in [0.2, 0.25) is 0 Å². The quantitative estimate of drug-likeness (QED) is 0.701. The van der Waals surface area contributed by atoms with Crippen LogP contribution in [0.25, 0.3) is 10.8 Å². The van der Waals surface area contributed by atoms with Crippen molar-refractivity contribution in [2.75, 3.05) is 13.7 Å². The highest BCUT2D eigenvalue weighted by Crippen LogP contribution is 2.25. The summed E-state index contributed by atoms with van der Waals surface area (Å²) in [5, 5.41) is 11.6. The summed E-state index contributed by atoms with van der Waals surface area (Å²) in [5.41, 5.74) is 0.352. The summed E-state index contributed by atoms with van der Waals surface area (Å²) >= 11 is 0. The van der Waals surface area contributed by atoms with Crippen LogP contribution in [0.4, 0.5) is 4.39 Å². The zero-order valence-electron chi connectivity index (χ0n) is 14.7. The number of nitrogens with zero attached hydrogens (tertiary/aromatic N) is 1. The van der Waals surface area contributed by atoms with Crippen molar-refractivity contribution in [1.29, 1.82) is 0 Å². The van der Waals surface area contributed by atoms with Gasteiger partial charge in [-0.2, -0.15) is 0 Å². The van der Waals surface area contributed by atoms with Crippen molar-refractivity contribution < 1.29 is 23.8 Å². The molecule has 0 radical (unpaired) electrons. The molecule has 0 bridgehead atoms. The van der Waals surface area contributed by atoms with Crippen LogP contribution in [-0.2, 0) is 16.1 Å². The molecule has 0 atom stereocenters. The molecule has 138 valence electrons. The number of aromatic hydroxyl groups is 1. The smallest absolute Gasteiger partial charge is 0.342 e. The minimum atomic E-state index is -0.800. The van der Waals surface area contributed by atoms with Crippen molar-refractivity contribution >= 4 is 22.6 Å². The number of carbonyl (C=O) groups excluding carboxylic acids is 2. The second-order valence-electron chi connectivity index (χ2n) is 6.13. The molecule has 0 unspecified atom stereocenters. The zero-order valence-corrected chi connectivity index (χ0v) is 14.7. The molecule has 0 heterocycles. The second kappa shape index (κ2) is 7.86. The largest absolute Gasteiger partial charge is 0.507 e. The Labute approximate surface area is 155 Å². The van der Waals surface area contributed by atoms with E-state index in [4.69, 9.17) is 4.74 Å². The molecule has 3 aromatic rings. The maximum absolute atomic E-state index is 13.7. The Kier molecular flexibility index (Phi) is 5.35. The number of hydrogen-bond acceptors (Lipinski definition) is 4. The number of amides is 1. The fraction of sp³-hybridized carbons (Fsp3) is 0.143. The van der Waals surface area contributed by atoms with Crippen LogP contribution < -0.4 is 0 Å². The summed E-state index contributed by atoms with van der Waals surface area (Å²) in [6.45, 7) is -0.444. The number of likely N-dealkylation sites (N-methyl/N-ethyl adjacent to an activating group) is 1. The highest BCUT2D eigenvalue weighted by molar-refractivity contribution is 5.99. The lowest BCUT2D eigenvalue weighted by Gasteiger charge is -2.17. The third-order valence-electron chi connectivity index (χ3n) is 4.20. The normalized spacial score (nSPS) is 10.6. The van der Waals surface area contributed by atoms with E-state index < -0.39 is 24.3 Å². The molecule has 0 saturated heterocycles. The predicted molar refractivity (Wildman–Crippen MR) is 98.8 cm³/mol. The van der Waals surface area contributed by atoms with Gasteiger partial charge in [0.25, 0.3) is 5.91 Å². The zero-order chi connectivity index (χ0) is 19.4. The van der Waals surface area contributed by atoms with Crippen LogP contribution in [0, 0.1) is 5.82 Å². The lowest BCUT2D eigenvalue weighted by molar-refractivity contribution is -0.133. The first-order valence-electron chi connectivity index (χ1n) is 8.32. The van der Waals surface area contributed by atoms with Gasteiger partial charge in [-0.1, -0.05) is 42.5 Å². The number of phenols is 1. The lowest BCUT2D eigenvalue weighted by atomic mass is 10.1. The third-order valence-corrected chi connectivity index (χ3v) is 4.20. The van der Waals surface area contributed by atoms with Gasteiger partial charge >= 0.3 is 5.97 Å². The van der Waals surface area contributed by atoms with Gasteiger partial charge in [-0.3, -0.25) is 4.79 Å². The maximum atomic E-state index is 13.7. The molecule has 0 aliphatic heterocycles. The van der Waals surface area contributed by atoms with Crippen LogP contribution in [-0.4, -0.2) is 35.5 Å². The van der Waals surface area contributed by atoms with Crippen LogP contribution in [0.1, 0.15) is 15.9 Å². The van der Waals surface area contributed by atoms with Gasteiger partial charge < -0.3 is 14.7 Å². The van der Waals surface area contributed by atoms with E-state index in [9.17, 15) is 19.1 Å². The standard InChI is InChI=1S/C21H18FNO4/c1-23(12-16-8-4-5-9-18(16)22)20(25)13-27-21(26)17-10-14-6-2-3-7-15(14)11-19(17)24/h2-11,24H,12-13H2,1H3. The number of carbonyl (C=O) groups is 2. The van der Waals surface area contributed by atoms with E-state index in [2.05, 4.69) is 0 Å². The van der Waals surface area contributed by atoms with E-state index in [0.29, 0.717) is 5.56 Å². The molecule has 0 saturated carbocycles. The fourth-order valence-electron chi connectivity index (χ4n) is 2.68.